The van der Waals surface area contributed by atoms with Gasteiger partial charge >= 0.3 is 0 Å². The molecule has 2 nitrogen and oxygen atoms in total. The van der Waals surface area contributed by atoms with E-state index in [1.54, 1.807) is 0 Å². The maximum absolute atomic E-state index is 5.01. The van der Waals surface area contributed by atoms with Gasteiger partial charge in [0, 0.05) is 18.6 Å². The van der Waals surface area contributed by atoms with Crippen LogP contribution in [0.2, 0.25) is 0 Å². The average molecular weight is 167 g/mol. The van der Waals surface area contributed by atoms with Crippen LogP contribution in [0.25, 0.3) is 0 Å². The van der Waals surface area contributed by atoms with Crippen molar-refractivity contribution in [3.63, 3.8) is 0 Å². The molecule has 1 aromatic rings. The lowest BCUT2D eigenvalue weighted by Gasteiger charge is -1.96. The normalized spacial score (nSPS) is 9.18. The highest BCUT2D eigenvalue weighted by atomic mass is 32.1. The van der Waals surface area contributed by atoms with Crippen LogP contribution in [0, 0.1) is 0 Å². The molecule has 1 aromatic heterocycles. The van der Waals surface area contributed by atoms with Crippen LogP contribution in [0.15, 0.2) is 30.6 Å². The van der Waals surface area contributed by atoms with Crippen LogP contribution in [0.5, 0.6) is 0 Å². The topological polar surface area (TPSA) is 15.9 Å². The van der Waals surface area contributed by atoms with Gasteiger partial charge in [-0.1, -0.05) is 29.9 Å². The summed E-state index contributed by atoms with van der Waals surface area (Å²) >= 11 is 5.01. The van der Waals surface area contributed by atoms with Crippen molar-refractivity contribution in [1.29, 1.82) is 0 Å². The van der Waals surface area contributed by atoms with Crippen LogP contribution in [0.4, 0.5) is 0 Å². The molecule has 0 aliphatic heterocycles. The second-order valence-corrected chi connectivity index (χ2v) is 2.66. The third-order valence-electron chi connectivity index (χ3n) is 1.29. The Morgan fingerprint density at radius 1 is 1.36 bits per heavy atom. The maximum atomic E-state index is 5.01. The van der Waals surface area contributed by atoms with Crippen LogP contribution in [-0.2, 0) is 0 Å². The molecule has 0 saturated carbocycles. The first-order chi connectivity index (χ1) is 5.33. The van der Waals surface area contributed by atoms with Crippen molar-refractivity contribution in [3.8, 4) is 0 Å². The summed E-state index contributed by atoms with van der Waals surface area (Å²) in [5, 5.41) is 0. The molecule has 1 rings (SSSR count). The summed E-state index contributed by atoms with van der Waals surface area (Å²) in [6, 6.07) is 5.86. The van der Waals surface area contributed by atoms with Crippen molar-refractivity contribution in [2.45, 2.75) is 13.3 Å². The van der Waals surface area contributed by atoms with E-state index in [0.29, 0.717) is 0 Å². The van der Waals surface area contributed by atoms with Crippen LogP contribution in [0.3, 0.4) is 0 Å². The highest BCUT2D eigenvalue weighted by molar-refractivity contribution is 7.80. The van der Waals surface area contributed by atoms with E-state index in [2.05, 4.69) is 5.43 Å². The minimum atomic E-state index is 0.848. The Kier molecular flexibility index (Phi) is 2.98. The molecule has 0 spiro atoms. The third kappa shape index (κ3) is 2.63. The molecular formula is C8H11N2S+. The first-order valence-electron chi connectivity index (χ1n) is 3.59. The zero-order chi connectivity index (χ0) is 8.10. The molecular weight excluding hydrogens is 156 g/mol. The van der Waals surface area contributed by atoms with E-state index in [1.807, 2.05) is 42.2 Å². The lowest BCUT2D eigenvalue weighted by atomic mass is 10.5. The Bertz CT molecular complexity index is 233. The molecule has 0 aliphatic carbocycles. The summed E-state index contributed by atoms with van der Waals surface area (Å²) < 4.78 is 1.84. The number of nitrogens with one attached hydrogen (secondary N) is 1. The molecule has 0 aliphatic rings. The van der Waals surface area contributed by atoms with Crippen molar-refractivity contribution in [2.24, 2.45) is 0 Å². The molecule has 0 saturated heterocycles. The Morgan fingerprint density at radius 2 is 2.00 bits per heavy atom. The first kappa shape index (κ1) is 8.14. The summed E-state index contributed by atoms with van der Waals surface area (Å²) in [4.78, 5) is 0.848. The van der Waals surface area contributed by atoms with E-state index < -0.39 is 0 Å². The largest absolute Gasteiger partial charge is 0.199 e. The molecule has 1 heterocycles. The van der Waals surface area contributed by atoms with Crippen molar-refractivity contribution in [2.75, 3.05) is 5.43 Å². The quantitative estimate of drug-likeness (QED) is 0.527. The molecule has 0 atom stereocenters. The summed E-state index contributed by atoms with van der Waals surface area (Å²) in [7, 11) is 0. The van der Waals surface area contributed by atoms with Gasteiger partial charge in [0.05, 0.1) is 0 Å². The SMILES string of the molecule is CCC(=S)N[n+]1ccccc1. The molecule has 0 amide bonds. The fourth-order valence-corrected chi connectivity index (χ4v) is 0.802. The Morgan fingerprint density at radius 3 is 2.55 bits per heavy atom. The van der Waals surface area contributed by atoms with Crippen molar-refractivity contribution >= 4 is 17.2 Å². The van der Waals surface area contributed by atoms with E-state index >= 15 is 0 Å². The lowest BCUT2D eigenvalue weighted by Crippen LogP contribution is -2.46. The van der Waals surface area contributed by atoms with Gasteiger partial charge in [0.15, 0.2) is 12.4 Å². The summed E-state index contributed by atoms with van der Waals surface area (Å²) in [5.41, 5.74) is 3.04. The monoisotopic (exact) mass is 167 g/mol. The van der Waals surface area contributed by atoms with Crippen LogP contribution < -0.4 is 10.1 Å². The van der Waals surface area contributed by atoms with Gasteiger partial charge in [0.25, 0.3) is 0 Å². The number of thiocarbonyl (C=S) groups is 1. The van der Waals surface area contributed by atoms with E-state index in [-0.39, 0.29) is 0 Å². The molecule has 0 unspecified atom stereocenters. The molecule has 0 fully saturated rings. The van der Waals surface area contributed by atoms with Gasteiger partial charge in [-0.2, -0.15) is 5.43 Å². The van der Waals surface area contributed by atoms with Gasteiger partial charge in [-0.15, -0.1) is 0 Å². The van der Waals surface area contributed by atoms with Crippen LogP contribution >= 0.6 is 12.2 Å². The molecule has 58 valence electrons. The first-order valence-corrected chi connectivity index (χ1v) is 4.00. The number of nitrogens with zero attached hydrogens (tertiary/aromatic N) is 1. The van der Waals surface area contributed by atoms with E-state index in [1.165, 1.54) is 0 Å². The molecule has 1 N–H and O–H groups in total. The van der Waals surface area contributed by atoms with Crippen molar-refractivity contribution in [1.82, 2.24) is 0 Å². The number of hydrogen-bond acceptors (Lipinski definition) is 1. The van der Waals surface area contributed by atoms with Crippen LogP contribution in [-0.4, -0.2) is 4.99 Å². The molecule has 0 radical (unpaired) electrons. The number of rotatable bonds is 2. The van der Waals surface area contributed by atoms with Gasteiger partial charge in [-0.05, 0) is 0 Å². The zero-order valence-electron chi connectivity index (χ0n) is 6.45. The van der Waals surface area contributed by atoms with E-state index in [0.717, 1.165) is 11.4 Å². The molecule has 11 heavy (non-hydrogen) atoms. The fourth-order valence-electron chi connectivity index (χ4n) is 0.696. The molecule has 0 bridgehead atoms. The molecule has 0 aromatic carbocycles. The summed E-state index contributed by atoms with van der Waals surface area (Å²) in [6.45, 7) is 2.03. The van der Waals surface area contributed by atoms with Gasteiger partial charge in [-0.3, -0.25) is 0 Å². The van der Waals surface area contributed by atoms with Crippen molar-refractivity contribution in [3.05, 3.63) is 30.6 Å². The van der Waals surface area contributed by atoms with E-state index in [4.69, 9.17) is 12.2 Å². The predicted octanol–water partition coefficient (Wildman–Crippen LogP) is 1.26. The average Bonchev–Trinajstić information content (AvgIpc) is 2.06. The van der Waals surface area contributed by atoms with Gasteiger partial charge in [0.2, 0.25) is 0 Å². The standard InChI is InChI=1S/C8H10N2S/c1-2-8(11)9-10-6-4-3-5-7-10/h3-7H,2H2,1H3/p+1. The summed E-state index contributed by atoms with van der Waals surface area (Å²) in [5.74, 6) is 0. The van der Waals surface area contributed by atoms with Crippen LogP contribution in [0.1, 0.15) is 13.3 Å². The highest BCUT2D eigenvalue weighted by Gasteiger charge is 1.97. The highest BCUT2D eigenvalue weighted by Crippen LogP contribution is 1.80. The maximum Gasteiger partial charge on any atom is 0.199 e. The van der Waals surface area contributed by atoms with E-state index in [9.17, 15) is 0 Å². The second kappa shape index (κ2) is 4.03. The minimum Gasteiger partial charge on any atom is -0.154 e. The Labute approximate surface area is 71.8 Å². The second-order valence-electron chi connectivity index (χ2n) is 2.17. The Hall–Kier alpha value is -0.960. The lowest BCUT2D eigenvalue weighted by molar-refractivity contribution is -0.640. The van der Waals surface area contributed by atoms with Gasteiger partial charge in [-0.25, -0.2) is 0 Å². The Balaban J connectivity index is 2.58. The van der Waals surface area contributed by atoms with Gasteiger partial charge in [0.1, 0.15) is 4.99 Å². The predicted molar refractivity (Wildman–Crippen MR) is 48.9 cm³/mol. The number of pyridine rings is 1. The fraction of sp³-hybridized carbons (Fsp3) is 0.250. The number of aromatic nitrogens is 1. The van der Waals surface area contributed by atoms with Gasteiger partial charge < -0.3 is 0 Å². The molecule has 3 heteroatoms. The number of hydrogen-bond donors (Lipinski definition) is 1. The minimum absolute atomic E-state index is 0.848. The third-order valence-corrected chi connectivity index (χ3v) is 1.67. The zero-order valence-corrected chi connectivity index (χ0v) is 7.27. The smallest absolute Gasteiger partial charge is 0.154 e. The van der Waals surface area contributed by atoms with Crippen molar-refractivity contribution < 1.29 is 4.68 Å². The summed E-state index contributed by atoms with van der Waals surface area (Å²) in [6.07, 6.45) is 4.71.